The largest absolute Gasteiger partial charge is 0.495 e. The van der Waals surface area contributed by atoms with Gasteiger partial charge in [0.25, 0.3) is 11.1 Å². The highest BCUT2D eigenvalue weighted by Crippen LogP contribution is 2.39. The van der Waals surface area contributed by atoms with E-state index < -0.39 is 47.9 Å². The van der Waals surface area contributed by atoms with Crippen molar-refractivity contribution >= 4 is 62.5 Å². The molecule has 1 saturated heterocycles. The van der Waals surface area contributed by atoms with Gasteiger partial charge in [0.15, 0.2) is 18.1 Å². The number of aliphatic carboxylic acids is 1. The molecule has 0 bridgehead atoms. The lowest BCUT2D eigenvalue weighted by Gasteiger charge is -2.16. The molecule has 1 heterocycles. The van der Waals surface area contributed by atoms with E-state index in [0.29, 0.717) is 32.8 Å². The van der Waals surface area contributed by atoms with Crippen LogP contribution in [0.25, 0.3) is 6.08 Å². The van der Waals surface area contributed by atoms with Gasteiger partial charge in [-0.1, -0.05) is 0 Å². The Bertz CT molecular complexity index is 1330. The Morgan fingerprint density at radius 3 is 2.42 bits per heavy atom. The second-order valence-electron chi connectivity index (χ2n) is 7.45. The first kappa shape index (κ1) is 28.8. The lowest BCUT2D eigenvalue weighted by molar-refractivity contribution is -0.139. The molecule has 15 heteroatoms. The van der Waals surface area contributed by atoms with Crippen molar-refractivity contribution in [1.82, 2.24) is 4.90 Å². The van der Waals surface area contributed by atoms with Gasteiger partial charge in [-0.05, 0) is 69.7 Å². The Morgan fingerprint density at radius 2 is 1.82 bits per heavy atom. The van der Waals surface area contributed by atoms with E-state index in [1.165, 1.54) is 32.4 Å². The number of amides is 3. The number of ether oxygens (including phenoxy) is 3. The number of carboxylic acids is 1. The van der Waals surface area contributed by atoms with Crippen LogP contribution in [-0.2, 0) is 20.6 Å². The van der Waals surface area contributed by atoms with Crippen LogP contribution in [0.15, 0.2) is 39.7 Å². The molecule has 38 heavy (non-hydrogen) atoms. The van der Waals surface area contributed by atoms with Gasteiger partial charge in [0.1, 0.15) is 12.3 Å². The van der Waals surface area contributed by atoms with Crippen LogP contribution in [0, 0.1) is 0 Å². The van der Waals surface area contributed by atoms with E-state index in [-0.39, 0.29) is 27.8 Å². The fraction of sp³-hybridized carbons (Fsp3) is 0.217. The van der Waals surface area contributed by atoms with E-state index in [1.807, 2.05) is 0 Å². The number of thioether (sulfide) groups is 1. The van der Waals surface area contributed by atoms with E-state index in [2.05, 4.69) is 21.2 Å². The second kappa shape index (κ2) is 11.8. The molecular weight excluding hydrogens is 601 g/mol. The number of hydrogen-bond acceptors (Lipinski definition) is 8. The lowest BCUT2D eigenvalue weighted by Crippen LogP contribution is -2.36. The van der Waals surface area contributed by atoms with Gasteiger partial charge in [-0.25, -0.2) is 4.79 Å². The number of carboxylic acid groups (broad SMARTS) is 1. The minimum absolute atomic E-state index is 0.0346. The second-order valence-corrected chi connectivity index (χ2v) is 9.29. The molecule has 0 aliphatic carbocycles. The standard InChI is InChI=1S/C23H18BrF3N2O8S/c1-35-15-4-3-12(23(25,26)27)8-14(15)28-18(30)9-29-21(33)17(38-22(29)34)7-11-5-13(24)20(16(6-11)36-2)37-10-19(31)32/h3-8H,9-10H2,1-2H3,(H,28,30)(H,31,32)/b17-7-. The van der Waals surface area contributed by atoms with Gasteiger partial charge in [0, 0.05) is 0 Å². The molecule has 0 atom stereocenters. The third-order valence-corrected chi connectivity index (χ3v) is 6.36. The predicted octanol–water partition coefficient (Wildman–Crippen LogP) is 4.62. The molecular formula is C23H18BrF3N2O8S. The Labute approximate surface area is 225 Å². The van der Waals surface area contributed by atoms with Crippen molar-refractivity contribution in [2.45, 2.75) is 6.18 Å². The number of hydrogen-bond donors (Lipinski definition) is 2. The van der Waals surface area contributed by atoms with E-state index in [1.54, 1.807) is 0 Å². The molecule has 1 aliphatic rings. The fourth-order valence-electron chi connectivity index (χ4n) is 3.20. The molecule has 3 rings (SSSR count). The summed E-state index contributed by atoms with van der Waals surface area (Å²) < 4.78 is 54.9. The topological polar surface area (TPSA) is 131 Å². The molecule has 1 fully saturated rings. The number of rotatable bonds is 9. The van der Waals surface area contributed by atoms with Crippen LogP contribution in [0.3, 0.4) is 0 Å². The smallest absolute Gasteiger partial charge is 0.416 e. The van der Waals surface area contributed by atoms with Crippen LogP contribution in [-0.4, -0.2) is 60.4 Å². The van der Waals surface area contributed by atoms with Gasteiger partial charge in [-0.15, -0.1) is 0 Å². The van der Waals surface area contributed by atoms with Gasteiger partial charge in [-0.2, -0.15) is 13.2 Å². The number of carbonyl (C=O) groups is 4. The van der Waals surface area contributed by atoms with Gasteiger partial charge < -0.3 is 24.6 Å². The molecule has 2 aromatic rings. The molecule has 202 valence electrons. The average molecular weight is 619 g/mol. The Hall–Kier alpha value is -3.72. The van der Waals surface area contributed by atoms with Gasteiger partial charge in [-0.3, -0.25) is 19.3 Å². The number of anilines is 1. The lowest BCUT2D eigenvalue weighted by atomic mass is 10.1. The number of imide groups is 1. The van der Waals surface area contributed by atoms with Gasteiger partial charge >= 0.3 is 12.1 Å². The molecule has 2 N–H and O–H groups in total. The SMILES string of the molecule is COc1ccc(C(F)(F)F)cc1NC(=O)CN1C(=O)S/C(=C\c2cc(Br)c(OCC(=O)O)c(OC)c2)C1=O. The number of halogens is 4. The normalized spacial score (nSPS) is 14.6. The van der Waals surface area contributed by atoms with Crippen molar-refractivity contribution in [3.8, 4) is 17.2 Å². The minimum atomic E-state index is -4.67. The number of nitrogens with zero attached hydrogens (tertiary/aromatic N) is 1. The quantitative estimate of drug-likeness (QED) is 0.386. The third-order valence-electron chi connectivity index (χ3n) is 4.87. The highest BCUT2D eigenvalue weighted by atomic mass is 79.9. The van der Waals surface area contributed by atoms with Gasteiger partial charge in [0.2, 0.25) is 5.91 Å². The van der Waals surface area contributed by atoms with Crippen molar-refractivity contribution in [2.75, 3.05) is 32.7 Å². The maximum Gasteiger partial charge on any atom is 0.416 e. The van der Waals surface area contributed by atoms with Crippen LogP contribution in [0.5, 0.6) is 17.2 Å². The molecule has 0 radical (unpaired) electrons. The summed E-state index contributed by atoms with van der Waals surface area (Å²) in [5.41, 5.74) is -0.916. The van der Waals surface area contributed by atoms with Crippen molar-refractivity contribution in [3.05, 3.63) is 50.8 Å². The molecule has 2 aromatic carbocycles. The average Bonchev–Trinajstić information content (AvgIpc) is 3.09. The molecule has 0 aromatic heterocycles. The summed E-state index contributed by atoms with van der Waals surface area (Å²) in [5, 5.41) is 10.3. The monoisotopic (exact) mass is 618 g/mol. The predicted molar refractivity (Wildman–Crippen MR) is 133 cm³/mol. The number of carbonyl (C=O) groups excluding carboxylic acids is 3. The van der Waals surface area contributed by atoms with Crippen molar-refractivity contribution in [1.29, 1.82) is 0 Å². The van der Waals surface area contributed by atoms with Crippen molar-refractivity contribution in [3.63, 3.8) is 0 Å². The Kier molecular flexibility index (Phi) is 8.93. The molecule has 0 spiro atoms. The highest BCUT2D eigenvalue weighted by Gasteiger charge is 2.37. The van der Waals surface area contributed by atoms with Crippen LogP contribution in [0.2, 0.25) is 0 Å². The van der Waals surface area contributed by atoms with E-state index >= 15 is 0 Å². The minimum Gasteiger partial charge on any atom is -0.495 e. The summed E-state index contributed by atoms with van der Waals surface area (Å²) in [6.45, 7) is -1.38. The highest BCUT2D eigenvalue weighted by molar-refractivity contribution is 9.10. The fourth-order valence-corrected chi connectivity index (χ4v) is 4.61. The summed E-state index contributed by atoms with van der Waals surface area (Å²) in [5.74, 6) is -2.70. The number of benzene rings is 2. The molecule has 3 amide bonds. The van der Waals surface area contributed by atoms with Crippen LogP contribution < -0.4 is 19.5 Å². The van der Waals surface area contributed by atoms with Crippen LogP contribution in [0.1, 0.15) is 11.1 Å². The Balaban J connectivity index is 1.78. The first-order chi connectivity index (χ1) is 17.8. The third kappa shape index (κ3) is 6.77. The summed E-state index contributed by atoms with van der Waals surface area (Å²) >= 11 is 3.80. The number of methoxy groups -OCH3 is 2. The number of nitrogens with one attached hydrogen (secondary N) is 1. The van der Waals surface area contributed by atoms with Gasteiger partial charge in [0.05, 0.1) is 34.8 Å². The Morgan fingerprint density at radius 1 is 1.13 bits per heavy atom. The molecule has 1 aliphatic heterocycles. The zero-order chi connectivity index (χ0) is 28.2. The summed E-state index contributed by atoms with van der Waals surface area (Å²) in [4.78, 5) is 49.2. The van der Waals surface area contributed by atoms with Crippen LogP contribution in [0.4, 0.5) is 23.7 Å². The van der Waals surface area contributed by atoms with Crippen molar-refractivity contribution in [2.24, 2.45) is 0 Å². The van der Waals surface area contributed by atoms with E-state index in [9.17, 15) is 32.3 Å². The zero-order valence-corrected chi connectivity index (χ0v) is 22.0. The van der Waals surface area contributed by atoms with E-state index in [4.69, 9.17) is 19.3 Å². The van der Waals surface area contributed by atoms with E-state index in [0.717, 1.165) is 12.1 Å². The number of alkyl halides is 3. The maximum absolute atomic E-state index is 13.1. The maximum atomic E-state index is 13.1. The summed E-state index contributed by atoms with van der Waals surface area (Å²) in [7, 11) is 2.53. The summed E-state index contributed by atoms with van der Waals surface area (Å²) in [6, 6.07) is 5.45. The zero-order valence-electron chi connectivity index (χ0n) is 19.6. The summed E-state index contributed by atoms with van der Waals surface area (Å²) in [6.07, 6.45) is -3.31. The molecule has 0 saturated carbocycles. The van der Waals surface area contributed by atoms with Crippen LogP contribution >= 0.6 is 27.7 Å². The molecule has 10 nitrogen and oxygen atoms in total. The van der Waals surface area contributed by atoms with Crippen molar-refractivity contribution < 1.29 is 51.7 Å². The first-order valence-corrected chi connectivity index (χ1v) is 12.0. The first-order valence-electron chi connectivity index (χ1n) is 10.4. The molecule has 0 unspecified atom stereocenters.